The lowest BCUT2D eigenvalue weighted by atomic mass is 9.96. The second-order valence-corrected chi connectivity index (χ2v) is 11.5. The number of halogens is 1. The molecule has 0 aliphatic carbocycles. The molecule has 37 heavy (non-hydrogen) atoms. The fourth-order valence-corrected chi connectivity index (χ4v) is 6.07. The number of thiazole rings is 1. The minimum atomic E-state index is -0.220. The summed E-state index contributed by atoms with van der Waals surface area (Å²) in [6, 6.07) is 8.83. The summed E-state index contributed by atoms with van der Waals surface area (Å²) in [7, 11) is 0. The van der Waals surface area contributed by atoms with Crippen LogP contribution >= 0.6 is 22.9 Å². The van der Waals surface area contributed by atoms with E-state index in [4.69, 9.17) is 21.3 Å². The van der Waals surface area contributed by atoms with Crippen molar-refractivity contribution in [2.45, 2.75) is 77.5 Å². The summed E-state index contributed by atoms with van der Waals surface area (Å²) in [5, 5.41) is 14.9. The van der Waals surface area contributed by atoms with Crippen LogP contribution in [0.25, 0.3) is 0 Å². The second kappa shape index (κ2) is 13.5. The normalized spacial score (nSPS) is 19.1. The Balaban J connectivity index is 1.43. The molecular formula is C27H37ClN6O2S. The first-order chi connectivity index (χ1) is 17.9. The first-order valence-electron chi connectivity index (χ1n) is 13.1. The maximum atomic E-state index is 12.4. The van der Waals surface area contributed by atoms with E-state index in [1.54, 1.807) is 0 Å². The molecule has 0 radical (unpaired) electrons. The first kappa shape index (κ1) is 27.7. The van der Waals surface area contributed by atoms with Crippen molar-refractivity contribution in [2.24, 2.45) is 0 Å². The molecule has 3 heterocycles. The number of H-pyrrole nitrogens is 1. The molecule has 200 valence electrons. The Morgan fingerprint density at radius 3 is 2.78 bits per heavy atom. The molecule has 10 heteroatoms. The van der Waals surface area contributed by atoms with Gasteiger partial charge in [0.25, 0.3) is 5.91 Å². The highest BCUT2D eigenvalue weighted by molar-refractivity contribution is 7.11. The molecule has 3 aromatic rings. The SMILES string of the molecule is CCCC(CCCc1nc(C)c(C)s1)N1C[C@H](CNC(=O)c2cnn[nH]2)OC[C@@H]1Cc1ccc(Cl)cc1. The van der Waals surface area contributed by atoms with Gasteiger partial charge in [-0.1, -0.05) is 42.3 Å². The number of nitrogens with one attached hydrogen (secondary N) is 2. The summed E-state index contributed by atoms with van der Waals surface area (Å²) >= 11 is 7.95. The molecule has 1 aliphatic heterocycles. The molecule has 2 N–H and O–H groups in total. The van der Waals surface area contributed by atoms with Gasteiger partial charge < -0.3 is 10.1 Å². The Hall–Kier alpha value is -2.33. The summed E-state index contributed by atoms with van der Waals surface area (Å²) in [5.41, 5.74) is 2.76. The Labute approximate surface area is 228 Å². The van der Waals surface area contributed by atoms with Gasteiger partial charge in [0.05, 0.1) is 29.6 Å². The number of aryl methyl sites for hydroxylation is 3. The van der Waals surface area contributed by atoms with Gasteiger partial charge in [0.2, 0.25) is 0 Å². The third-order valence-corrected chi connectivity index (χ3v) is 8.42. The van der Waals surface area contributed by atoms with Crippen molar-refractivity contribution in [3.05, 3.63) is 62.3 Å². The number of nitrogens with zero attached hydrogens (tertiary/aromatic N) is 4. The Morgan fingerprint density at radius 2 is 2.11 bits per heavy atom. The van der Waals surface area contributed by atoms with Gasteiger partial charge in [0.15, 0.2) is 0 Å². The lowest BCUT2D eigenvalue weighted by Gasteiger charge is -2.44. The van der Waals surface area contributed by atoms with Crippen LogP contribution < -0.4 is 5.32 Å². The third kappa shape index (κ3) is 7.83. The van der Waals surface area contributed by atoms with Crippen molar-refractivity contribution in [3.63, 3.8) is 0 Å². The van der Waals surface area contributed by atoms with E-state index in [1.807, 2.05) is 23.5 Å². The smallest absolute Gasteiger partial charge is 0.271 e. The van der Waals surface area contributed by atoms with Gasteiger partial charge in [-0.2, -0.15) is 0 Å². The minimum absolute atomic E-state index is 0.0788. The molecule has 3 atom stereocenters. The number of carbonyl (C=O) groups excluding carboxylic acids is 1. The first-order valence-corrected chi connectivity index (χ1v) is 14.3. The van der Waals surface area contributed by atoms with Crippen LogP contribution in [0.3, 0.4) is 0 Å². The summed E-state index contributed by atoms with van der Waals surface area (Å²) in [4.78, 5) is 21.1. The molecule has 1 unspecified atom stereocenters. The molecule has 0 spiro atoms. The topological polar surface area (TPSA) is 96.0 Å². The number of rotatable bonds is 12. The van der Waals surface area contributed by atoms with Crippen LogP contribution in [-0.2, 0) is 17.6 Å². The molecular weight excluding hydrogens is 508 g/mol. The van der Waals surface area contributed by atoms with E-state index in [2.05, 4.69) is 58.5 Å². The number of hydrogen-bond acceptors (Lipinski definition) is 7. The fraction of sp³-hybridized carbons (Fsp3) is 0.556. The monoisotopic (exact) mass is 544 g/mol. The van der Waals surface area contributed by atoms with Gasteiger partial charge in [-0.05, 0) is 63.6 Å². The highest BCUT2D eigenvalue weighted by Gasteiger charge is 2.33. The van der Waals surface area contributed by atoms with Crippen LogP contribution in [0.5, 0.6) is 0 Å². The number of carbonyl (C=O) groups is 1. The average Bonchev–Trinajstić information content (AvgIpc) is 3.54. The lowest BCUT2D eigenvalue weighted by Crippen LogP contribution is -2.57. The fourth-order valence-electron chi connectivity index (χ4n) is 4.97. The predicted octanol–water partition coefficient (Wildman–Crippen LogP) is 4.76. The molecule has 4 rings (SSSR count). The van der Waals surface area contributed by atoms with E-state index in [1.165, 1.54) is 21.6 Å². The number of ether oxygens (including phenoxy) is 1. The van der Waals surface area contributed by atoms with Crippen molar-refractivity contribution in [1.29, 1.82) is 0 Å². The zero-order valence-corrected chi connectivity index (χ0v) is 23.4. The molecule has 0 saturated carbocycles. The quantitative estimate of drug-likeness (QED) is 0.341. The van der Waals surface area contributed by atoms with Crippen molar-refractivity contribution < 1.29 is 9.53 Å². The van der Waals surface area contributed by atoms with E-state index >= 15 is 0 Å². The van der Waals surface area contributed by atoms with E-state index in [0.29, 0.717) is 24.9 Å². The van der Waals surface area contributed by atoms with Crippen molar-refractivity contribution in [1.82, 2.24) is 30.6 Å². The van der Waals surface area contributed by atoms with Crippen molar-refractivity contribution >= 4 is 28.8 Å². The molecule has 1 amide bonds. The third-order valence-electron chi connectivity index (χ3n) is 7.03. The molecule has 1 saturated heterocycles. The maximum Gasteiger partial charge on any atom is 0.271 e. The van der Waals surface area contributed by atoms with E-state index in [9.17, 15) is 4.79 Å². The molecule has 1 aliphatic rings. The Bertz CT molecular complexity index is 1100. The predicted molar refractivity (Wildman–Crippen MR) is 147 cm³/mol. The molecule has 8 nitrogen and oxygen atoms in total. The van der Waals surface area contributed by atoms with E-state index < -0.39 is 0 Å². The van der Waals surface area contributed by atoms with Gasteiger partial charge in [0.1, 0.15) is 5.69 Å². The Morgan fingerprint density at radius 1 is 1.30 bits per heavy atom. The molecule has 2 aromatic heterocycles. The summed E-state index contributed by atoms with van der Waals surface area (Å²) < 4.78 is 6.27. The largest absolute Gasteiger partial charge is 0.373 e. The standard InChI is InChI=1S/C27H37ClN6O2S/c1-4-6-22(7-5-8-26-31-18(2)19(3)37-26)34-16-24(14-29-27(35)25-15-30-33-32-25)36-17-23(34)13-20-9-11-21(28)12-10-20/h9-12,15,22-24H,4-8,13-14,16-17H2,1-3H3,(H,29,35)(H,30,32,33)/t22?,23-,24-/m0/s1. The lowest BCUT2D eigenvalue weighted by molar-refractivity contribution is -0.0794. The van der Waals surface area contributed by atoms with E-state index in [0.717, 1.165) is 55.8 Å². The van der Waals surface area contributed by atoms with Gasteiger partial charge in [-0.3, -0.25) is 14.8 Å². The number of aromatic amines is 1. The average molecular weight is 545 g/mol. The molecule has 1 fully saturated rings. The number of hydrogen-bond donors (Lipinski definition) is 2. The molecule has 0 bridgehead atoms. The van der Waals surface area contributed by atoms with Crippen LogP contribution in [-0.4, -0.2) is 69.1 Å². The maximum absolute atomic E-state index is 12.4. The van der Waals surface area contributed by atoms with Gasteiger partial charge in [-0.25, -0.2) is 4.98 Å². The second-order valence-electron chi connectivity index (χ2n) is 9.80. The van der Waals surface area contributed by atoms with Crippen LogP contribution in [0.2, 0.25) is 5.02 Å². The van der Waals surface area contributed by atoms with Gasteiger partial charge in [-0.15, -0.1) is 16.4 Å². The van der Waals surface area contributed by atoms with Crippen LogP contribution in [0.15, 0.2) is 30.5 Å². The summed E-state index contributed by atoms with van der Waals surface area (Å²) in [5.74, 6) is -0.220. The van der Waals surface area contributed by atoms with Gasteiger partial charge in [0, 0.05) is 35.1 Å². The van der Waals surface area contributed by atoms with E-state index in [-0.39, 0.29) is 18.1 Å². The number of amides is 1. The zero-order valence-electron chi connectivity index (χ0n) is 21.9. The zero-order chi connectivity index (χ0) is 26.2. The highest BCUT2D eigenvalue weighted by atomic mass is 35.5. The Kier molecular flexibility index (Phi) is 10.1. The van der Waals surface area contributed by atoms with Crippen molar-refractivity contribution in [2.75, 3.05) is 19.7 Å². The van der Waals surface area contributed by atoms with Gasteiger partial charge >= 0.3 is 0 Å². The number of aromatic nitrogens is 4. The summed E-state index contributed by atoms with van der Waals surface area (Å²) in [6.07, 6.45) is 7.74. The number of morpholine rings is 1. The van der Waals surface area contributed by atoms with Crippen molar-refractivity contribution in [3.8, 4) is 0 Å². The van der Waals surface area contributed by atoms with Crippen LogP contribution in [0, 0.1) is 13.8 Å². The molecule has 1 aromatic carbocycles. The highest BCUT2D eigenvalue weighted by Crippen LogP contribution is 2.26. The van der Waals surface area contributed by atoms with Crippen LogP contribution in [0.4, 0.5) is 0 Å². The summed E-state index contributed by atoms with van der Waals surface area (Å²) in [6.45, 7) is 8.34. The van der Waals surface area contributed by atoms with Crippen LogP contribution in [0.1, 0.15) is 64.2 Å². The minimum Gasteiger partial charge on any atom is -0.373 e. The number of benzene rings is 1.